The zero-order valence-corrected chi connectivity index (χ0v) is 3.94. The predicted octanol–water partition coefficient (Wildman–Crippen LogP) is 1.35. The molecule has 0 aliphatic heterocycles. The Morgan fingerprint density at radius 1 is 1.62 bits per heavy atom. The van der Waals surface area contributed by atoms with Gasteiger partial charge in [0.2, 0.25) is 0 Å². The Hall–Kier alpha value is -0.930. The first kappa shape index (κ1) is 5.21. The van der Waals surface area contributed by atoms with Gasteiger partial charge in [-0.25, -0.2) is 8.78 Å². The third-order valence-corrected chi connectivity index (χ3v) is 0.771. The molecule has 1 heterocycles. The molecular formula is C4H4F2N2. The van der Waals surface area contributed by atoms with Gasteiger partial charge in [0.1, 0.15) is 0 Å². The van der Waals surface area contributed by atoms with Gasteiger partial charge in [0.05, 0.1) is 11.8 Å². The number of nitrogens with zero attached hydrogens (tertiary/aromatic N) is 1. The molecular weight excluding hydrogens is 114 g/mol. The smallest absolute Gasteiger partial charge is 0.266 e. The van der Waals surface area contributed by atoms with Crippen molar-refractivity contribution in [2.45, 2.75) is 6.43 Å². The minimum Gasteiger partial charge on any atom is -0.285 e. The Balaban J connectivity index is 2.77. The largest absolute Gasteiger partial charge is 0.285 e. The fourth-order valence-corrected chi connectivity index (χ4v) is 0.380. The van der Waals surface area contributed by atoms with E-state index in [2.05, 4.69) is 10.2 Å². The topological polar surface area (TPSA) is 28.7 Å². The Bertz CT molecular complexity index is 147. The molecule has 4 heteroatoms. The molecule has 0 unspecified atom stereocenters. The van der Waals surface area contributed by atoms with Crippen LogP contribution in [0.15, 0.2) is 12.4 Å². The normalized spacial score (nSPS) is 10.4. The highest BCUT2D eigenvalue weighted by molar-refractivity contribution is 5.03. The van der Waals surface area contributed by atoms with E-state index in [1.807, 2.05) is 0 Å². The molecule has 1 aromatic heterocycles. The van der Waals surface area contributed by atoms with E-state index in [0.29, 0.717) is 0 Å². The second-order valence-corrected chi connectivity index (χ2v) is 1.33. The summed E-state index contributed by atoms with van der Waals surface area (Å²) in [5, 5.41) is 5.62. The first-order valence-electron chi connectivity index (χ1n) is 2.07. The fourth-order valence-electron chi connectivity index (χ4n) is 0.380. The maximum atomic E-state index is 11.5. The number of halogens is 2. The molecule has 0 aliphatic rings. The zero-order chi connectivity index (χ0) is 5.98. The predicted molar refractivity (Wildman–Crippen MR) is 23.5 cm³/mol. The van der Waals surface area contributed by atoms with Crippen LogP contribution in [0.3, 0.4) is 0 Å². The van der Waals surface area contributed by atoms with Crippen molar-refractivity contribution in [3.63, 3.8) is 0 Å². The summed E-state index contributed by atoms with van der Waals surface area (Å²) in [7, 11) is 0. The Labute approximate surface area is 44.5 Å². The van der Waals surface area contributed by atoms with Crippen LogP contribution in [0.4, 0.5) is 8.78 Å². The number of H-pyrrole nitrogens is 1. The average Bonchev–Trinajstić information content (AvgIpc) is 2.12. The molecule has 8 heavy (non-hydrogen) atoms. The van der Waals surface area contributed by atoms with Crippen LogP contribution in [-0.4, -0.2) is 10.2 Å². The van der Waals surface area contributed by atoms with Crippen molar-refractivity contribution in [1.82, 2.24) is 10.2 Å². The van der Waals surface area contributed by atoms with Crippen LogP contribution in [0.25, 0.3) is 0 Å². The molecule has 1 N–H and O–H groups in total. The molecule has 1 rings (SSSR count). The summed E-state index contributed by atoms with van der Waals surface area (Å²) in [6.07, 6.45) is -0.135. The van der Waals surface area contributed by atoms with Crippen molar-refractivity contribution < 1.29 is 8.78 Å². The average molecular weight is 118 g/mol. The molecule has 0 aromatic carbocycles. The molecule has 0 bridgehead atoms. The molecule has 2 nitrogen and oxygen atoms in total. The summed E-state index contributed by atoms with van der Waals surface area (Å²) in [5.41, 5.74) is -0.0648. The van der Waals surface area contributed by atoms with Gasteiger partial charge in [0.15, 0.2) is 0 Å². The van der Waals surface area contributed by atoms with E-state index >= 15 is 0 Å². The maximum absolute atomic E-state index is 11.5. The SMILES string of the molecule is FC(F)c1cn[nH]c1. The second kappa shape index (κ2) is 1.90. The lowest BCUT2D eigenvalue weighted by Gasteiger charge is -1.86. The molecule has 44 valence electrons. The number of nitrogens with one attached hydrogen (secondary N) is 1. The Morgan fingerprint density at radius 3 is 2.62 bits per heavy atom. The van der Waals surface area contributed by atoms with E-state index in [-0.39, 0.29) is 5.56 Å². The van der Waals surface area contributed by atoms with Crippen molar-refractivity contribution in [3.8, 4) is 0 Å². The highest BCUT2D eigenvalue weighted by Gasteiger charge is 2.05. The molecule has 0 saturated heterocycles. The van der Waals surface area contributed by atoms with Gasteiger partial charge in [-0.1, -0.05) is 0 Å². The van der Waals surface area contributed by atoms with Gasteiger partial charge >= 0.3 is 0 Å². The number of hydrogen-bond donors (Lipinski definition) is 1. The van der Waals surface area contributed by atoms with Gasteiger partial charge in [-0.15, -0.1) is 0 Å². The number of hydrogen-bond acceptors (Lipinski definition) is 1. The second-order valence-electron chi connectivity index (χ2n) is 1.33. The van der Waals surface area contributed by atoms with E-state index < -0.39 is 6.43 Å². The molecule has 0 spiro atoms. The first-order valence-corrected chi connectivity index (χ1v) is 2.07. The lowest BCUT2D eigenvalue weighted by Crippen LogP contribution is -1.75. The minimum absolute atomic E-state index is 0.0648. The first-order chi connectivity index (χ1) is 3.80. The van der Waals surface area contributed by atoms with Crippen LogP contribution in [0.1, 0.15) is 12.0 Å². The van der Waals surface area contributed by atoms with Gasteiger partial charge in [0, 0.05) is 6.20 Å². The minimum atomic E-state index is -2.41. The number of aromatic amines is 1. The highest BCUT2D eigenvalue weighted by atomic mass is 19.3. The maximum Gasteiger partial charge on any atom is 0.266 e. The number of alkyl halides is 2. The van der Waals surface area contributed by atoms with Crippen molar-refractivity contribution >= 4 is 0 Å². The molecule has 0 amide bonds. The molecule has 0 aliphatic carbocycles. The van der Waals surface area contributed by atoms with E-state index in [4.69, 9.17) is 0 Å². The van der Waals surface area contributed by atoms with Crippen LogP contribution >= 0.6 is 0 Å². The highest BCUT2D eigenvalue weighted by Crippen LogP contribution is 2.15. The lowest BCUT2D eigenvalue weighted by molar-refractivity contribution is 0.151. The van der Waals surface area contributed by atoms with E-state index in [0.717, 1.165) is 6.20 Å². The molecule has 0 saturated carbocycles. The summed E-state index contributed by atoms with van der Waals surface area (Å²) in [4.78, 5) is 0. The van der Waals surface area contributed by atoms with Gasteiger partial charge in [-0.3, -0.25) is 5.10 Å². The Morgan fingerprint density at radius 2 is 2.38 bits per heavy atom. The van der Waals surface area contributed by atoms with Crippen molar-refractivity contribution in [3.05, 3.63) is 18.0 Å². The van der Waals surface area contributed by atoms with E-state index in [1.54, 1.807) is 0 Å². The fraction of sp³-hybridized carbons (Fsp3) is 0.250. The van der Waals surface area contributed by atoms with Crippen molar-refractivity contribution in [1.29, 1.82) is 0 Å². The quantitative estimate of drug-likeness (QED) is 0.592. The third kappa shape index (κ3) is 0.828. The molecule has 1 aromatic rings. The zero-order valence-electron chi connectivity index (χ0n) is 3.94. The van der Waals surface area contributed by atoms with Gasteiger partial charge in [0.25, 0.3) is 6.43 Å². The van der Waals surface area contributed by atoms with E-state index in [9.17, 15) is 8.78 Å². The van der Waals surface area contributed by atoms with Crippen LogP contribution in [0, 0.1) is 0 Å². The van der Waals surface area contributed by atoms with E-state index in [1.165, 1.54) is 6.20 Å². The van der Waals surface area contributed by atoms with Crippen LogP contribution in [0.2, 0.25) is 0 Å². The molecule has 0 fully saturated rings. The summed E-state index contributed by atoms with van der Waals surface area (Å²) in [6, 6.07) is 0. The molecule has 0 atom stereocenters. The lowest BCUT2D eigenvalue weighted by atomic mass is 10.4. The van der Waals surface area contributed by atoms with Gasteiger partial charge in [-0.05, 0) is 0 Å². The summed E-state index contributed by atoms with van der Waals surface area (Å²) >= 11 is 0. The summed E-state index contributed by atoms with van der Waals surface area (Å²) in [6.45, 7) is 0. The summed E-state index contributed by atoms with van der Waals surface area (Å²) in [5.74, 6) is 0. The summed E-state index contributed by atoms with van der Waals surface area (Å²) < 4.78 is 23.1. The number of aromatic nitrogens is 2. The van der Waals surface area contributed by atoms with Crippen LogP contribution < -0.4 is 0 Å². The third-order valence-electron chi connectivity index (χ3n) is 0.771. The van der Waals surface area contributed by atoms with Gasteiger partial charge in [-0.2, -0.15) is 5.10 Å². The number of rotatable bonds is 1. The van der Waals surface area contributed by atoms with Crippen LogP contribution in [-0.2, 0) is 0 Å². The van der Waals surface area contributed by atoms with Crippen molar-refractivity contribution in [2.24, 2.45) is 0 Å². The monoisotopic (exact) mass is 118 g/mol. The molecule has 0 radical (unpaired) electrons. The Kier molecular flexibility index (Phi) is 1.24. The van der Waals surface area contributed by atoms with Crippen molar-refractivity contribution in [2.75, 3.05) is 0 Å². The van der Waals surface area contributed by atoms with Crippen LogP contribution in [0.5, 0.6) is 0 Å². The standard InChI is InChI=1S/C4H4F2N2/c5-4(6)3-1-7-8-2-3/h1-2,4H,(H,7,8). The van der Waals surface area contributed by atoms with Gasteiger partial charge < -0.3 is 0 Å².